The van der Waals surface area contributed by atoms with Crippen LogP contribution in [0.2, 0.25) is 5.02 Å². The molecule has 0 unspecified atom stereocenters. The van der Waals surface area contributed by atoms with Crippen LogP contribution in [-0.2, 0) is 11.8 Å². The van der Waals surface area contributed by atoms with E-state index in [1.54, 1.807) is 12.3 Å². The molecule has 2 fully saturated rings. The monoisotopic (exact) mass is 475 g/mol. The molecule has 2 aliphatic rings. The Hall–Kier alpha value is -3.41. The minimum Gasteiger partial charge on any atom is -0.383 e. The first-order valence-electron chi connectivity index (χ1n) is 11.3. The van der Waals surface area contributed by atoms with Crippen molar-refractivity contribution in [2.75, 3.05) is 31.9 Å². The number of nitrogens with two attached hydrogens (primary N) is 1. The predicted octanol–water partition coefficient (Wildman–Crippen LogP) is 2.73. The van der Waals surface area contributed by atoms with E-state index < -0.39 is 0 Å². The van der Waals surface area contributed by atoms with Crippen molar-refractivity contribution in [2.45, 2.75) is 18.9 Å². The van der Waals surface area contributed by atoms with Crippen LogP contribution in [0.15, 0.2) is 37.3 Å². The van der Waals surface area contributed by atoms with Crippen LogP contribution in [0.25, 0.3) is 22.3 Å². The van der Waals surface area contributed by atoms with Crippen molar-refractivity contribution in [3.05, 3.63) is 48.0 Å². The molecule has 0 bridgehead atoms. The van der Waals surface area contributed by atoms with E-state index in [4.69, 9.17) is 17.3 Å². The second-order valence-electron chi connectivity index (χ2n) is 8.78. The number of piperidine rings is 1. The quantitative estimate of drug-likeness (QED) is 0.462. The van der Waals surface area contributed by atoms with Gasteiger partial charge in [-0.2, -0.15) is 0 Å². The molecular weight excluding hydrogens is 450 g/mol. The van der Waals surface area contributed by atoms with Crippen LogP contribution in [0.3, 0.4) is 0 Å². The number of amides is 1. The summed E-state index contributed by atoms with van der Waals surface area (Å²) < 4.78 is 1.95. The molecule has 0 saturated carbocycles. The lowest BCUT2D eigenvalue weighted by molar-refractivity contribution is -0.127. The summed E-state index contributed by atoms with van der Waals surface area (Å²) in [6.07, 6.45) is 6.46. The molecule has 0 spiro atoms. The number of aryl methyl sites for hydroxylation is 1. The lowest BCUT2D eigenvalue weighted by atomic mass is 9.93. The zero-order chi connectivity index (χ0) is 23.8. The van der Waals surface area contributed by atoms with E-state index in [9.17, 15) is 4.79 Å². The summed E-state index contributed by atoms with van der Waals surface area (Å²) in [5.74, 6) is 7.56. The van der Waals surface area contributed by atoms with E-state index in [-0.39, 0.29) is 5.91 Å². The van der Waals surface area contributed by atoms with Gasteiger partial charge in [0.05, 0.1) is 16.1 Å². The van der Waals surface area contributed by atoms with E-state index in [0.29, 0.717) is 22.8 Å². The van der Waals surface area contributed by atoms with Crippen molar-refractivity contribution < 1.29 is 4.79 Å². The largest absolute Gasteiger partial charge is 0.383 e. The van der Waals surface area contributed by atoms with Crippen molar-refractivity contribution in [3.8, 4) is 23.1 Å². The summed E-state index contributed by atoms with van der Waals surface area (Å²) in [6, 6.07) is 4.18. The molecule has 0 atom stereocenters. The number of likely N-dealkylation sites (tertiary alicyclic amines) is 2. The number of pyridine rings is 1. The van der Waals surface area contributed by atoms with Gasteiger partial charge >= 0.3 is 0 Å². The summed E-state index contributed by atoms with van der Waals surface area (Å²) in [5.41, 5.74) is 9.33. The molecule has 0 aromatic carbocycles. The molecule has 0 aliphatic carbocycles. The number of carbonyl (C=O) groups excluding carboxylic acids is 1. The molecule has 34 heavy (non-hydrogen) atoms. The zero-order valence-corrected chi connectivity index (χ0v) is 19.8. The number of nitrogen functional groups attached to an aromatic ring is 1. The van der Waals surface area contributed by atoms with Gasteiger partial charge in [0.1, 0.15) is 23.5 Å². The summed E-state index contributed by atoms with van der Waals surface area (Å²) in [7, 11) is 1.93. The molecule has 1 amide bonds. The number of hydrogen-bond acceptors (Lipinski definition) is 6. The Kier molecular flexibility index (Phi) is 5.98. The lowest BCUT2D eigenvalue weighted by Gasteiger charge is -2.45. The molecule has 5 rings (SSSR count). The van der Waals surface area contributed by atoms with Crippen LogP contribution in [0.5, 0.6) is 0 Å². The Morgan fingerprint density at radius 3 is 2.68 bits per heavy atom. The van der Waals surface area contributed by atoms with Gasteiger partial charge in [-0.25, -0.2) is 9.97 Å². The van der Waals surface area contributed by atoms with E-state index >= 15 is 0 Å². The average Bonchev–Trinajstić information content (AvgIpc) is 3.11. The minimum absolute atomic E-state index is 0.0251. The highest BCUT2D eigenvalue weighted by Crippen LogP contribution is 2.35. The predicted molar refractivity (Wildman–Crippen MR) is 133 cm³/mol. The number of anilines is 1. The molecule has 3 aromatic heterocycles. The van der Waals surface area contributed by atoms with Crippen molar-refractivity contribution in [3.63, 3.8) is 0 Å². The summed E-state index contributed by atoms with van der Waals surface area (Å²) in [4.78, 5) is 29.3. The maximum absolute atomic E-state index is 11.8. The van der Waals surface area contributed by atoms with Gasteiger partial charge < -0.3 is 15.2 Å². The number of hydrogen-bond donors (Lipinski definition) is 1. The number of fused-ring (bicyclic) bond motifs is 1. The second kappa shape index (κ2) is 9.09. The van der Waals surface area contributed by atoms with Gasteiger partial charge in [0.25, 0.3) is 0 Å². The molecule has 0 radical (unpaired) electrons. The Balaban J connectivity index is 1.36. The Morgan fingerprint density at radius 1 is 1.24 bits per heavy atom. The maximum Gasteiger partial charge on any atom is 0.245 e. The Bertz CT molecular complexity index is 1310. The fourth-order valence-corrected chi connectivity index (χ4v) is 4.96. The number of rotatable bonds is 3. The summed E-state index contributed by atoms with van der Waals surface area (Å²) in [5, 5.41) is 1.32. The minimum atomic E-state index is 0.0251. The molecule has 3 aromatic rings. The van der Waals surface area contributed by atoms with Crippen LogP contribution >= 0.6 is 11.6 Å². The Morgan fingerprint density at radius 2 is 2.00 bits per heavy atom. The Labute approximate surface area is 203 Å². The number of halogens is 1. The van der Waals surface area contributed by atoms with Crippen LogP contribution in [0.4, 0.5) is 5.82 Å². The van der Waals surface area contributed by atoms with E-state index in [0.717, 1.165) is 67.0 Å². The first-order valence-corrected chi connectivity index (χ1v) is 11.7. The van der Waals surface area contributed by atoms with Gasteiger partial charge in [0, 0.05) is 56.9 Å². The number of aromatic nitrogens is 4. The number of nitrogens with zero attached hydrogens (tertiary/aromatic N) is 6. The first kappa shape index (κ1) is 22.4. The topological polar surface area (TPSA) is 93.2 Å². The lowest BCUT2D eigenvalue weighted by Crippen LogP contribution is -2.55. The maximum atomic E-state index is 11.8. The van der Waals surface area contributed by atoms with Crippen molar-refractivity contribution in [1.82, 2.24) is 29.3 Å². The fraction of sp³-hybridized carbons (Fsp3) is 0.360. The summed E-state index contributed by atoms with van der Waals surface area (Å²) in [6.45, 7) is 7.04. The third-order valence-corrected chi connectivity index (χ3v) is 6.98. The van der Waals surface area contributed by atoms with Crippen molar-refractivity contribution in [1.29, 1.82) is 0 Å². The van der Waals surface area contributed by atoms with Gasteiger partial charge in [-0.1, -0.05) is 24.1 Å². The van der Waals surface area contributed by atoms with E-state index in [2.05, 4.69) is 38.3 Å². The van der Waals surface area contributed by atoms with E-state index in [1.807, 2.05) is 22.6 Å². The highest BCUT2D eigenvalue weighted by Gasteiger charge is 2.34. The third kappa shape index (κ3) is 4.02. The number of carbonyl (C=O) groups is 1. The molecule has 9 heteroatoms. The van der Waals surface area contributed by atoms with Crippen LogP contribution in [0.1, 0.15) is 18.5 Å². The normalized spacial score (nSPS) is 17.3. The average molecular weight is 476 g/mol. The molecule has 2 aliphatic heterocycles. The van der Waals surface area contributed by atoms with Gasteiger partial charge in [-0.15, -0.1) is 0 Å². The molecule has 8 nitrogen and oxygen atoms in total. The van der Waals surface area contributed by atoms with Gasteiger partial charge in [-0.3, -0.25) is 14.7 Å². The van der Waals surface area contributed by atoms with Crippen molar-refractivity contribution in [2.24, 2.45) is 13.0 Å². The van der Waals surface area contributed by atoms with Crippen molar-refractivity contribution >= 4 is 34.4 Å². The summed E-state index contributed by atoms with van der Waals surface area (Å²) >= 11 is 6.06. The molecular formula is C25H26ClN7O. The third-order valence-electron chi connectivity index (χ3n) is 6.75. The first-order chi connectivity index (χ1) is 16.5. The van der Waals surface area contributed by atoms with E-state index in [1.165, 1.54) is 12.4 Å². The highest BCUT2D eigenvalue weighted by molar-refractivity contribution is 6.30. The SMILES string of the molecule is C=CC(=O)N1CCC(N2CC(C#Cc3c(-c4ccc(Cl)cn4)c4c(N)ncnc4n3C)C2)CC1. The van der Waals surface area contributed by atoms with Gasteiger partial charge in [0.2, 0.25) is 5.91 Å². The van der Waals surface area contributed by atoms with Gasteiger partial charge in [-0.05, 0) is 37.0 Å². The fourth-order valence-electron chi connectivity index (χ4n) is 4.85. The highest BCUT2D eigenvalue weighted by atomic mass is 35.5. The van der Waals surface area contributed by atoms with Crippen LogP contribution in [0, 0.1) is 17.8 Å². The molecule has 174 valence electrons. The van der Waals surface area contributed by atoms with Crippen LogP contribution < -0.4 is 5.73 Å². The molecule has 2 saturated heterocycles. The molecule has 5 heterocycles. The van der Waals surface area contributed by atoms with Crippen LogP contribution in [-0.4, -0.2) is 67.4 Å². The second-order valence-corrected chi connectivity index (χ2v) is 9.22. The van der Waals surface area contributed by atoms with Gasteiger partial charge in [0.15, 0.2) is 0 Å². The molecule has 2 N–H and O–H groups in total. The smallest absolute Gasteiger partial charge is 0.245 e. The standard InChI is InChI=1S/C25H26ClN7O/c1-3-21(34)32-10-8-18(9-11-32)33-13-16(14-33)4-7-20-22(19-6-5-17(26)12-28-19)23-24(27)29-15-30-25(23)31(20)2/h3,5-6,12,15-16,18H,1,8-11,13-14H2,2H3,(H2,27,29,30). The zero-order valence-electron chi connectivity index (χ0n) is 19.0.